The molecule has 11 nitrogen and oxygen atoms in total. The van der Waals surface area contributed by atoms with E-state index in [9.17, 15) is 19.2 Å². The van der Waals surface area contributed by atoms with Crippen LogP contribution < -0.4 is 0 Å². The Morgan fingerprint density at radius 2 is 1.77 bits per heavy atom. The molecular weight excluding hydrogens is 654 g/mol. The van der Waals surface area contributed by atoms with Gasteiger partial charge in [0.15, 0.2) is 11.6 Å². The largest absolute Gasteiger partial charge is 0.345 e. The minimum atomic E-state index is -0.672. The standard InChI is InChI=1S/C41H47N7O4/c1-8-10-11-13-37(51)46(7)24-41-19-34(35(50)18-32-15-14-25(3)26(4)44-32)48(36(41)20-41)38(52)23-47-40-29(12-9-2)16-30(31-21-42-28(6)43-22-31)17-33(40)39(45-47)27(5)49/h8-9,14-17,21-22,34,36H,1-2,10-13,18-20,23-24H2,3-7H3/t34-,36+,41-/m0/s1. The Bertz CT molecular complexity index is 2080. The third kappa shape index (κ3) is 7.22. The fourth-order valence-corrected chi connectivity index (χ4v) is 7.73. The molecule has 11 heteroatoms. The number of piperidine rings is 1. The molecule has 3 atom stereocenters. The van der Waals surface area contributed by atoms with E-state index in [1.54, 1.807) is 40.0 Å². The van der Waals surface area contributed by atoms with E-state index in [0.717, 1.165) is 40.8 Å². The van der Waals surface area contributed by atoms with Crippen LogP contribution in [0, 0.1) is 26.2 Å². The first-order valence-electron chi connectivity index (χ1n) is 17.9. The summed E-state index contributed by atoms with van der Waals surface area (Å²) in [6.45, 7) is 15.2. The van der Waals surface area contributed by atoms with Crippen LogP contribution in [0.3, 0.4) is 0 Å². The van der Waals surface area contributed by atoms with E-state index in [1.807, 2.05) is 51.1 Å². The van der Waals surface area contributed by atoms with Crippen molar-refractivity contribution >= 4 is 34.3 Å². The molecule has 2 fully saturated rings. The van der Waals surface area contributed by atoms with Gasteiger partial charge in [0.2, 0.25) is 11.8 Å². The molecule has 0 bridgehead atoms. The van der Waals surface area contributed by atoms with Crippen molar-refractivity contribution in [3.05, 3.63) is 96.0 Å². The number of carbonyl (C=O) groups is 4. The van der Waals surface area contributed by atoms with Crippen LogP contribution in [0.25, 0.3) is 22.0 Å². The highest BCUT2D eigenvalue weighted by Gasteiger charge is 2.67. The molecule has 270 valence electrons. The number of rotatable bonds is 15. The van der Waals surface area contributed by atoms with Gasteiger partial charge in [-0.1, -0.05) is 18.2 Å². The van der Waals surface area contributed by atoms with Crippen LogP contribution in [0.5, 0.6) is 0 Å². The first kappa shape index (κ1) is 36.5. The number of fused-ring (bicyclic) bond motifs is 2. The molecule has 1 aromatic carbocycles. The number of pyridine rings is 1. The lowest BCUT2D eigenvalue weighted by Gasteiger charge is -2.27. The minimum absolute atomic E-state index is 0.0416. The van der Waals surface area contributed by atoms with Gasteiger partial charge >= 0.3 is 0 Å². The Morgan fingerprint density at radius 3 is 2.44 bits per heavy atom. The molecule has 1 aliphatic heterocycles. The van der Waals surface area contributed by atoms with Crippen LogP contribution in [-0.2, 0) is 33.8 Å². The Hall–Kier alpha value is -5.32. The molecule has 4 aromatic rings. The number of aromatic nitrogens is 5. The normalized spacial score (nSPS) is 19.0. The summed E-state index contributed by atoms with van der Waals surface area (Å²) in [6.07, 6.45) is 10.7. The average molecular weight is 702 g/mol. The van der Waals surface area contributed by atoms with Crippen molar-refractivity contribution in [3.63, 3.8) is 0 Å². The van der Waals surface area contributed by atoms with E-state index in [2.05, 4.69) is 28.1 Å². The topological polar surface area (TPSA) is 131 Å². The summed E-state index contributed by atoms with van der Waals surface area (Å²) in [6, 6.07) is 6.85. The predicted molar refractivity (Wildman–Crippen MR) is 200 cm³/mol. The van der Waals surface area contributed by atoms with Gasteiger partial charge in [-0.05, 0) is 87.8 Å². The van der Waals surface area contributed by atoms with Crippen molar-refractivity contribution in [2.75, 3.05) is 13.6 Å². The molecule has 4 heterocycles. The van der Waals surface area contributed by atoms with Crippen LogP contribution in [0.15, 0.2) is 62.0 Å². The van der Waals surface area contributed by atoms with Crippen LogP contribution in [0.4, 0.5) is 0 Å². The summed E-state index contributed by atoms with van der Waals surface area (Å²) < 4.78 is 1.60. The molecule has 6 rings (SSSR count). The number of likely N-dealkylation sites (tertiary alicyclic amines) is 1. The van der Waals surface area contributed by atoms with E-state index >= 15 is 0 Å². The highest BCUT2D eigenvalue weighted by molar-refractivity contribution is 6.07. The second-order valence-corrected chi connectivity index (χ2v) is 14.5. The summed E-state index contributed by atoms with van der Waals surface area (Å²) in [7, 11) is 1.80. The first-order valence-corrected chi connectivity index (χ1v) is 17.9. The molecule has 1 saturated carbocycles. The van der Waals surface area contributed by atoms with Crippen molar-refractivity contribution in [2.45, 2.75) is 91.3 Å². The molecule has 3 aromatic heterocycles. The third-order valence-corrected chi connectivity index (χ3v) is 10.6. The van der Waals surface area contributed by atoms with Crippen LogP contribution >= 0.6 is 0 Å². The van der Waals surface area contributed by atoms with Gasteiger partial charge in [-0.15, -0.1) is 13.2 Å². The molecular formula is C41H47N7O4. The number of nitrogens with zero attached hydrogens (tertiary/aromatic N) is 7. The van der Waals surface area contributed by atoms with Crippen molar-refractivity contribution < 1.29 is 19.2 Å². The van der Waals surface area contributed by atoms with Gasteiger partial charge in [-0.25, -0.2) is 9.97 Å². The van der Waals surface area contributed by atoms with E-state index in [0.29, 0.717) is 54.6 Å². The second kappa shape index (κ2) is 14.7. The quantitative estimate of drug-likeness (QED) is 0.0873. The summed E-state index contributed by atoms with van der Waals surface area (Å²) >= 11 is 0. The molecule has 0 N–H and O–H groups in total. The van der Waals surface area contributed by atoms with E-state index in [1.165, 1.54) is 6.92 Å². The van der Waals surface area contributed by atoms with Crippen molar-refractivity contribution in [3.8, 4) is 11.1 Å². The fraction of sp³-hybridized carbons (Fsp3) is 0.415. The lowest BCUT2D eigenvalue weighted by molar-refractivity contribution is -0.139. The predicted octanol–water partition coefficient (Wildman–Crippen LogP) is 5.73. The molecule has 0 radical (unpaired) electrons. The van der Waals surface area contributed by atoms with Gasteiger partial charge in [-0.3, -0.25) is 28.8 Å². The van der Waals surface area contributed by atoms with E-state index in [-0.39, 0.29) is 53.5 Å². The Morgan fingerprint density at radius 1 is 1.02 bits per heavy atom. The van der Waals surface area contributed by atoms with Gasteiger partial charge < -0.3 is 9.80 Å². The van der Waals surface area contributed by atoms with Crippen molar-refractivity contribution in [2.24, 2.45) is 5.41 Å². The number of Topliss-reactive ketones (excluding diaryl/α,β-unsaturated/α-hetero) is 2. The van der Waals surface area contributed by atoms with Gasteiger partial charge in [0, 0.05) is 73.1 Å². The molecule has 0 unspecified atom stereocenters. The summed E-state index contributed by atoms with van der Waals surface area (Å²) in [5, 5.41) is 5.34. The zero-order valence-electron chi connectivity index (χ0n) is 30.8. The molecule has 2 amide bonds. The van der Waals surface area contributed by atoms with Crippen molar-refractivity contribution in [1.82, 2.24) is 34.5 Å². The second-order valence-electron chi connectivity index (χ2n) is 14.5. The summed E-state index contributed by atoms with van der Waals surface area (Å²) in [5.74, 6) is 0.130. The lowest BCUT2D eigenvalue weighted by Crippen LogP contribution is -2.45. The zero-order chi connectivity index (χ0) is 37.3. The van der Waals surface area contributed by atoms with Crippen LogP contribution in [0.1, 0.15) is 77.9 Å². The highest BCUT2D eigenvalue weighted by atomic mass is 16.2. The number of benzene rings is 1. The summed E-state index contributed by atoms with van der Waals surface area (Å²) in [4.78, 5) is 71.5. The van der Waals surface area contributed by atoms with Gasteiger partial charge in [-0.2, -0.15) is 5.10 Å². The Kier molecular flexibility index (Phi) is 10.3. The molecule has 1 aliphatic carbocycles. The SMILES string of the molecule is C=CCCCC(=O)N(C)C[C@@]12C[C@@H](C(=O)Cc3ccc(C)c(C)n3)N(C(=O)Cn3nc(C(C)=O)c4cc(-c5cnc(C)nc5)cc(CC=C)c43)[C@@H]1C2. The number of hydrogen-bond acceptors (Lipinski definition) is 8. The van der Waals surface area contributed by atoms with Crippen LogP contribution in [0.2, 0.25) is 0 Å². The number of carbonyl (C=O) groups excluding carboxylic acids is 4. The average Bonchev–Trinajstić information content (AvgIpc) is 3.50. The van der Waals surface area contributed by atoms with Crippen molar-refractivity contribution in [1.29, 1.82) is 0 Å². The van der Waals surface area contributed by atoms with Crippen LogP contribution in [-0.4, -0.2) is 83.6 Å². The number of ketones is 2. The monoisotopic (exact) mass is 701 g/mol. The fourth-order valence-electron chi connectivity index (χ4n) is 7.73. The van der Waals surface area contributed by atoms with E-state index in [4.69, 9.17) is 5.10 Å². The van der Waals surface area contributed by atoms with Gasteiger partial charge in [0.05, 0.1) is 18.0 Å². The zero-order valence-corrected chi connectivity index (χ0v) is 30.8. The first-order chi connectivity index (χ1) is 24.8. The molecule has 2 aliphatic rings. The third-order valence-electron chi connectivity index (χ3n) is 10.6. The maximum absolute atomic E-state index is 14.6. The van der Waals surface area contributed by atoms with Gasteiger partial charge in [0.1, 0.15) is 18.1 Å². The Balaban J connectivity index is 1.34. The summed E-state index contributed by atoms with van der Waals surface area (Å²) in [5.41, 5.74) is 5.60. The molecule has 52 heavy (non-hydrogen) atoms. The maximum atomic E-state index is 14.6. The van der Waals surface area contributed by atoms with E-state index < -0.39 is 6.04 Å². The maximum Gasteiger partial charge on any atom is 0.245 e. The van der Waals surface area contributed by atoms with Gasteiger partial charge in [0.25, 0.3) is 0 Å². The molecule has 0 spiro atoms. The highest BCUT2D eigenvalue weighted by Crippen LogP contribution is 2.60. The smallest absolute Gasteiger partial charge is 0.245 e. The Labute approximate surface area is 304 Å². The minimum Gasteiger partial charge on any atom is -0.345 e. The number of amides is 2. The number of unbranched alkanes of at least 4 members (excludes halogenated alkanes) is 1. The number of allylic oxidation sites excluding steroid dienone is 2. The lowest BCUT2D eigenvalue weighted by atomic mass is 9.94. The number of hydrogen-bond donors (Lipinski definition) is 0. The number of aryl methyl sites for hydroxylation is 3. The molecule has 1 saturated heterocycles.